The maximum atomic E-state index is 12.4. The molecular formula is C18H17N3O2. The molecule has 0 aliphatic carbocycles. The van der Waals surface area contributed by atoms with Crippen LogP contribution in [0.4, 0.5) is 17.1 Å². The minimum Gasteiger partial charge on any atom is -0.358 e. The van der Waals surface area contributed by atoms with E-state index in [0.29, 0.717) is 11.3 Å². The number of amides is 2. The molecule has 2 amide bonds. The zero-order valence-electron chi connectivity index (χ0n) is 12.6. The van der Waals surface area contributed by atoms with Crippen molar-refractivity contribution in [2.75, 3.05) is 22.1 Å². The third kappa shape index (κ3) is 2.44. The molecule has 0 saturated carbocycles. The highest BCUT2D eigenvalue weighted by Gasteiger charge is 2.36. The van der Waals surface area contributed by atoms with Crippen LogP contribution in [0.1, 0.15) is 23.2 Å². The van der Waals surface area contributed by atoms with Crippen LogP contribution >= 0.6 is 0 Å². The summed E-state index contributed by atoms with van der Waals surface area (Å²) in [5.41, 5.74) is 3.00. The lowest BCUT2D eigenvalue weighted by Crippen LogP contribution is -2.43. The third-order valence-corrected chi connectivity index (χ3v) is 4.41. The summed E-state index contributed by atoms with van der Waals surface area (Å²) in [4.78, 5) is 26.7. The van der Waals surface area contributed by atoms with Crippen molar-refractivity contribution in [1.29, 1.82) is 0 Å². The van der Waals surface area contributed by atoms with Crippen molar-refractivity contribution in [3.63, 3.8) is 0 Å². The van der Waals surface area contributed by atoms with Gasteiger partial charge in [-0.3, -0.25) is 9.59 Å². The molecule has 2 heterocycles. The van der Waals surface area contributed by atoms with E-state index < -0.39 is 0 Å². The van der Waals surface area contributed by atoms with E-state index in [0.717, 1.165) is 30.8 Å². The van der Waals surface area contributed by atoms with Gasteiger partial charge in [0.2, 0.25) is 5.91 Å². The molecule has 2 aromatic carbocycles. The number of nitrogens with one attached hydrogen (secondary N) is 2. The number of hydrogen-bond donors (Lipinski definition) is 2. The molecule has 23 heavy (non-hydrogen) atoms. The molecule has 1 saturated heterocycles. The van der Waals surface area contributed by atoms with Gasteiger partial charge < -0.3 is 15.5 Å². The van der Waals surface area contributed by atoms with Crippen molar-refractivity contribution in [2.24, 2.45) is 0 Å². The minimum absolute atomic E-state index is 0.0237. The number of anilines is 3. The average molecular weight is 307 g/mol. The van der Waals surface area contributed by atoms with E-state index in [-0.39, 0.29) is 17.9 Å². The topological polar surface area (TPSA) is 61.4 Å². The maximum Gasteiger partial charge on any atom is 0.255 e. The lowest BCUT2D eigenvalue weighted by Gasteiger charge is -2.33. The maximum absolute atomic E-state index is 12.4. The van der Waals surface area contributed by atoms with Gasteiger partial charge in [0, 0.05) is 17.8 Å². The summed E-state index contributed by atoms with van der Waals surface area (Å²) in [6.45, 7) is 0.890. The van der Waals surface area contributed by atoms with Crippen LogP contribution in [-0.4, -0.2) is 24.4 Å². The van der Waals surface area contributed by atoms with Crippen molar-refractivity contribution in [1.82, 2.24) is 0 Å². The smallest absolute Gasteiger partial charge is 0.255 e. The zero-order chi connectivity index (χ0) is 15.8. The first-order valence-electron chi connectivity index (χ1n) is 7.80. The summed E-state index contributed by atoms with van der Waals surface area (Å²) < 4.78 is 0. The molecule has 0 bridgehead atoms. The second-order valence-electron chi connectivity index (χ2n) is 5.89. The number of benzene rings is 2. The molecule has 2 N–H and O–H groups in total. The predicted molar refractivity (Wildman–Crippen MR) is 89.8 cm³/mol. The molecule has 1 fully saturated rings. The van der Waals surface area contributed by atoms with Gasteiger partial charge in [-0.25, -0.2) is 0 Å². The summed E-state index contributed by atoms with van der Waals surface area (Å²) >= 11 is 0. The van der Waals surface area contributed by atoms with Crippen LogP contribution < -0.4 is 15.5 Å². The monoisotopic (exact) mass is 307 g/mol. The van der Waals surface area contributed by atoms with Gasteiger partial charge in [-0.1, -0.05) is 18.2 Å². The van der Waals surface area contributed by atoms with Crippen molar-refractivity contribution in [2.45, 2.75) is 18.9 Å². The molecule has 1 unspecified atom stereocenters. The van der Waals surface area contributed by atoms with Gasteiger partial charge in [0.05, 0.1) is 11.4 Å². The molecule has 4 rings (SSSR count). The molecular weight excluding hydrogens is 290 g/mol. The fourth-order valence-corrected chi connectivity index (χ4v) is 3.30. The highest BCUT2D eigenvalue weighted by atomic mass is 16.2. The van der Waals surface area contributed by atoms with E-state index >= 15 is 0 Å². The van der Waals surface area contributed by atoms with Gasteiger partial charge >= 0.3 is 0 Å². The van der Waals surface area contributed by atoms with E-state index in [2.05, 4.69) is 15.5 Å². The van der Waals surface area contributed by atoms with Crippen LogP contribution in [0, 0.1) is 0 Å². The Kier molecular flexibility index (Phi) is 3.26. The lowest BCUT2D eigenvalue weighted by molar-refractivity contribution is -0.117. The van der Waals surface area contributed by atoms with Crippen LogP contribution in [0.3, 0.4) is 0 Å². The molecule has 2 aromatic rings. The van der Waals surface area contributed by atoms with Crippen LogP contribution in [0.15, 0.2) is 48.5 Å². The Morgan fingerprint density at radius 1 is 1.17 bits per heavy atom. The molecule has 1 atom stereocenters. The van der Waals surface area contributed by atoms with Gasteiger partial charge in [-0.2, -0.15) is 0 Å². The second-order valence-corrected chi connectivity index (χ2v) is 5.89. The van der Waals surface area contributed by atoms with Crippen molar-refractivity contribution in [3.05, 3.63) is 54.1 Å². The summed E-state index contributed by atoms with van der Waals surface area (Å²) in [7, 11) is 0. The Balaban J connectivity index is 1.61. The number of hydrogen-bond acceptors (Lipinski definition) is 3. The summed E-state index contributed by atoms with van der Waals surface area (Å²) in [6, 6.07) is 14.7. The Bertz CT molecular complexity index is 773. The van der Waals surface area contributed by atoms with Crippen molar-refractivity contribution >= 4 is 28.9 Å². The summed E-state index contributed by atoms with van der Waals surface area (Å²) in [5.74, 6) is -0.160. The first-order chi connectivity index (χ1) is 11.2. The molecule has 2 aliphatic heterocycles. The van der Waals surface area contributed by atoms with E-state index in [1.54, 1.807) is 6.07 Å². The molecule has 5 nitrogen and oxygen atoms in total. The Morgan fingerprint density at radius 2 is 2.00 bits per heavy atom. The molecule has 2 aliphatic rings. The fourth-order valence-electron chi connectivity index (χ4n) is 3.30. The number of nitrogens with zero attached hydrogens (tertiary/aromatic N) is 1. The average Bonchev–Trinajstić information content (AvgIpc) is 3.06. The number of para-hydroxylation sites is 1. The Morgan fingerprint density at radius 3 is 2.83 bits per heavy atom. The van der Waals surface area contributed by atoms with E-state index in [9.17, 15) is 9.59 Å². The van der Waals surface area contributed by atoms with Crippen LogP contribution in [0.5, 0.6) is 0 Å². The first kappa shape index (κ1) is 13.8. The number of carbonyl (C=O) groups excluding carboxylic acids is 2. The van der Waals surface area contributed by atoms with Gasteiger partial charge in [0.15, 0.2) is 0 Å². The van der Waals surface area contributed by atoms with Crippen molar-refractivity contribution in [3.8, 4) is 0 Å². The summed E-state index contributed by atoms with van der Waals surface area (Å²) in [6.07, 6.45) is 1.91. The highest BCUT2D eigenvalue weighted by molar-refractivity contribution is 6.08. The molecule has 5 heteroatoms. The van der Waals surface area contributed by atoms with Gasteiger partial charge in [0.25, 0.3) is 5.91 Å². The van der Waals surface area contributed by atoms with Gasteiger partial charge in [0.1, 0.15) is 6.04 Å². The Labute approximate surface area is 134 Å². The fraction of sp³-hybridized carbons (Fsp3) is 0.222. The lowest BCUT2D eigenvalue weighted by atomic mass is 10.1. The molecule has 116 valence electrons. The second kappa shape index (κ2) is 5.43. The largest absolute Gasteiger partial charge is 0.358 e. The number of carbonyl (C=O) groups is 2. The Hall–Kier alpha value is -2.82. The molecule has 0 aromatic heterocycles. The normalized spacial score (nSPS) is 18.9. The number of rotatable bonds is 2. The first-order valence-corrected chi connectivity index (χ1v) is 7.80. The predicted octanol–water partition coefficient (Wildman–Crippen LogP) is 2.86. The standard InChI is InChI=1S/C18H17N3O2/c22-17(19-13-5-2-1-3-6-13)12-8-9-15-14(11-12)20-18(23)16-7-4-10-21(15)16/h1-3,5-6,8-9,11,16H,4,7,10H2,(H,19,22)(H,20,23). The van der Waals surface area contributed by atoms with E-state index in [1.165, 1.54) is 0 Å². The minimum atomic E-state index is -0.184. The van der Waals surface area contributed by atoms with Crippen LogP contribution in [-0.2, 0) is 4.79 Å². The quantitative estimate of drug-likeness (QED) is 0.897. The molecule has 0 radical (unpaired) electrons. The van der Waals surface area contributed by atoms with Gasteiger partial charge in [-0.15, -0.1) is 0 Å². The van der Waals surface area contributed by atoms with Crippen molar-refractivity contribution < 1.29 is 9.59 Å². The third-order valence-electron chi connectivity index (χ3n) is 4.41. The molecule has 0 spiro atoms. The van der Waals surface area contributed by atoms with Crippen LogP contribution in [0.2, 0.25) is 0 Å². The summed E-state index contributed by atoms with van der Waals surface area (Å²) in [5, 5.41) is 5.79. The van der Waals surface area contributed by atoms with E-state index in [4.69, 9.17) is 0 Å². The van der Waals surface area contributed by atoms with Crippen LogP contribution in [0.25, 0.3) is 0 Å². The zero-order valence-corrected chi connectivity index (χ0v) is 12.6. The highest BCUT2D eigenvalue weighted by Crippen LogP contribution is 2.37. The van der Waals surface area contributed by atoms with Gasteiger partial charge in [-0.05, 0) is 43.2 Å². The van der Waals surface area contributed by atoms with E-state index in [1.807, 2.05) is 42.5 Å². The number of fused-ring (bicyclic) bond motifs is 3. The SMILES string of the molecule is O=C(Nc1ccccc1)c1ccc2c(c1)NC(=O)C1CCCN21.